The third-order valence-electron chi connectivity index (χ3n) is 4.71. The van der Waals surface area contributed by atoms with Gasteiger partial charge >= 0.3 is 0 Å². The van der Waals surface area contributed by atoms with Crippen molar-refractivity contribution in [2.45, 2.75) is 25.9 Å². The van der Waals surface area contributed by atoms with Crippen molar-refractivity contribution in [3.8, 4) is 22.4 Å². The van der Waals surface area contributed by atoms with Crippen LogP contribution in [0.5, 0.6) is 0 Å². The lowest BCUT2D eigenvalue weighted by Crippen LogP contribution is -1.99. The molecule has 0 atom stereocenters. The van der Waals surface area contributed by atoms with Crippen molar-refractivity contribution >= 4 is 11.0 Å². The molecule has 0 spiro atoms. The number of pyridine rings is 1. The molecule has 0 radical (unpaired) electrons. The van der Waals surface area contributed by atoms with Gasteiger partial charge in [-0.2, -0.15) is 0 Å². The Morgan fingerprint density at radius 3 is 2.59 bits per heavy atom. The van der Waals surface area contributed by atoms with Gasteiger partial charge in [-0.05, 0) is 25.0 Å². The van der Waals surface area contributed by atoms with Gasteiger partial charge in [-0.25, -0.2) is 9.97 Å². The molecular weight excluding hydrogens is 342 g/mol. The number of nitrogens with zero attached hydrogens (tertiary/aromatic N) is 4. The molecule has 140 valence electrons. The van der Waals surface area contributed by atoms with E-state index in [-0.39, 0.29) is 13.2 Å². The lowest BCUT2D eigenvalue weighted by molar-refractivity contribution is 0.279. The van der Waals surface area contributed by atoms with Crippen molar-refractivity contribution in [3.63, 3.8) is 0 Å². The van der Waals surface area contributed by atoms with Crippen molar-refractivity contribution in [3.05, 3.63) is 49.4 Å². The molecule has 0 aliphatic carbocycles. The summed E-state index contributed by atoms with van der Waals surface area (Å²) in [5.41, 5.74) is 5.01. The van der Waals surface area contributed by atoms with Crippen LogP contribution in [0.3, 0.4) is 0 Å². The van der Waals surface area contributed by atoms with Crippen LogP contribution in [-0.4, -0.2) is 47.5 Å². The fourth-order valence-electron chi connectivity index (χ4n) is 3.42. The third-order valence-corrected chi connectivity index (χ3v) is 4.71. The molecule has 0 bridgehead atoms. The summed E-state index contributed by atoms with van der Waals surface area (Å²) in [6, 6.07) is 4.02. The van der Waals surface area contributed by atoms with Gasteiger partial charge in [-0.3, -0.25) is 0 Å². The summed E-state index contributed by atoms with van der Waals surface area (Å²) < 4.78 is 4.09. The van der Waals surface area contributed by atoms with Crippen LogP contribution < -0.4 is 0 Å². The Morgan fingerprint density at radius 2 is 1.74 bits per heavy atom. The summed E-state index contributed by atoms with van der Waals surface area (Å²) in [4.78, 5) is 12.3. The van der Waals surface area contributed by atoms with Gasteiger partial charge in [0.2, 0.25) is 0 Å². The fourth-order valence-corrected chi connectivity index (χ4v) is 3.42. The Morgan fingerprint density at radius 1 is 0.926 bits per heavy atom. The van der Waals surface area contributed by atoms with Crippen LogP contribution in [0.15, 0.2) is 49.4 Å². The van der Waals surface area contributed by atoms with Crippen molar-refractivity contribution in [2.75, 3.05) is 13.2 Å². The Kier molecular flexibility index (Phi) is 5.04. The van der Waals surface area contributed by atoms with E-state index >= 15 is 0 Å². The van der Waals surface area contributed by atoms with Gasteiger partial charge in [0, 0.05) is 79.4 Å². The van der Waals surface area contributed by atoms with Crippen molar-refractivity contribution in [1.82, 2.24) is 24.1 Å². The number of hydrogen-bond acceptors (Lipinski definition) is 4. The Bertz CT molecular complexity index is 1030. The van der Waals surface area contributed by atoms with Gasteiger partial charge in [-0.15, -0.1) is 0 Å². The Hall–Kier alpha value is -2.90. The predicted molar refractivity (Wildman–Crippen MR) is 104 cm³/mol. The maximum Gasteiger partial charge on any atom is 0.140 e. The highest BCUT2D eigenvalue weighted by atomic mass is 16.3. The minimum Gasteiger partial charge on any atom is -0.396 e. The number of aromatic nitrogens is 5. The molecule has 0 amide bonds. The first-order valence-corrected chi connectivity index (χ1v) is 9.16. The molecule has 27 heavy (non-hydrogen) atoms. The number of H-pyrrole nitrogens is 1. The number of aliphatic hydroxyl groups excluding tert-OH is 2. The maximum atomic E-state index is 9.18. The summed E-state index contributed by atoms with van der Waals surface area (Å²) >= 11 is 0. The van der Waals surface area contributed by atoms with E-state index in [9.17, 15) is 5.11 Å². The van der Waals surface area contributed by atoms with E-state index in [0.29, 0.717) is 12.8 Å². The SMILES string of the molecule is OCCCn1cnc(-c2c[nH]cc2-c2cn(CCCO)c3ncccc23)c1. The molecule has 3 N–H and O–H groups in total. The van der Waals surface area contributed by atoms with Gasteiger partial charge in [0.1, 0.15) is 5.65 Å². The second-order valence-corrected chi connectivity index (χ2v) is 6.54. The zero-order valence-electron chi connectivity index (χ0n) is 15.0. The standard InChI is InChI=1S/C20H23N5O2/c26-8-2-6-24-13-19(23-14-24)17-11-21-10-16(17)18-12-25(7-3-9-27)20-15(18)4-1-5-22-20/h1,4-5,10-14,21,26-27H,2-3,6-9H2. The van der Waals surface area contributed by atoms with E-state index in [1.165, 1.54) is 0 Å². The van der Waals surface area contributed by atoms with E-state index in [0.717, 1.165) is 46.5 Å². The number of fused-ring (bicyclic) bond motifs is 1. The lowest BCUT2D eigenvalue weighted by atomic mass is 10.0. The van der Waals surface area contributed by atoms with Crippen LogP contribution in [0.1, 0.15) is 12.8 Å². The van der Waals surface area contributed by atoms with E-state index in [1.807, 2.05) is 29.2 Å². The first kappa shape index (κ1) is 17.5. The average Bonchev–Trinajstić information content (AvgIpc) is 3.42. The van der Waals surface area contributed by atoms with Crippen LogP contribution in [0.2, 0.25) is 0 Å². The van der Waals surface area contributed by atoms with Gasteiger partial charge in [0.15, 0.2) is 0 Å². The fraction of sp³-hybridized carbons (Fsp3) is 0.300. The first-order chi connectivity index (χ1) is 13.3. The van der Waals surface area contributed by atoms with Crippen LogP contribution in [0, 0.1) is 0 Å². The highest BCUT2D eigenvalue weighted by molar-refractivity contribution is 5.98. The number of nitrogens with one attached hydrogen (secondary N) is 1. The quantitative estimate of drug-likeness (QED) is 0.448. The summed E-state index contributed by atoms with van der Waals surface area (Å²) in [5, 5.41) is 19.3. The summed E-state index contributed by atoms with van der Waals surface area (Å²) in [7, 11) is 0. The Labute approximate surface area is 156 Å². The molecule has 7 nitrogen and oxygen atoms in total. The zero-order chi connectivity index (χ0) is 18.6. The minimum atomic E-state index is 0.155. The molecular formula is C20H23N5O2. The van der Waals surface area contributed by atoms with Crippen molar-refractivity contribution in [2.24, 2.45) is 0 Å². The molecule has 4 aromatic heterocycles. The number of aromatic amines is 1. The lowest BCUT2D eigenvalue weighted by Gasteiger charge is -2.01. The minimum absolute atomic E-state index is 0.155. The second-order valence-electron chi connectivity index (χ2n) is 6.54. The van der Waals surface area contributed by atoms with Crippen molar-refractivity contribution < 1.29 is 10.2 Å². The molecule has 7 heteroatoms. The number of imidazole rings is 1. The van der Waals surface area contributed by atoms with E-state index in [4.69, 9.17) is 5.11 Å². The topological polar surface area (TPSA) is 91.9 Å². The van der Waals surface area contributed by atoms with Crippen LogP contribution in [0.25, 0.3) is 33.4 Å². The first-order valence-electron chi connectivity index (χ1n) is 9.16. The molecule has 0 fully saturated rings. The molecule has 0 saturated heterocycles. The second kappa shape index (κ2) is 7.77. The van der Waals surface area contributed by atoms with Gasteiger partial charge < -0.3 is 24.3 Å². The summed E-state index contributed by atoms with van der Waals surface area (Å²) in [6.07, 6.45) is 13.0. The highest BCUT2D eigenvalue weighted by Gasteiger charge is 2.17. The number of rotatable bonds is 8. The molecule has 0 aromatic carbocycles. The average molecular weight is 365 g/mol. The number of aryl methyl sites for hydroxylation is 2. The Balaban J connectivity index is 1.75. The molecule has 0 aliphatic heterocycles. The summed E-state index contributed by atoms with van der Waals surface area (Å²) in [6.45, 7) is 1.79. The van der Waals surface area contributed by atoms with E-state index in [2.05, 4.69) is 31.8 Å². The smallest absolute Gasteiger partial charge is 0.140 e. The van der Waals surface area contributed by atoms with E-state index in [1.54, 1.807) is 12.5 Å². The maximum absolute atomic E-state index is 9.18. The van der Waals surface area contributed by atoms with Crippen molar-refractivity contribution in [1.29, 1.82) is 0 Å². The van der Waals surface area contributed by atoms with Crippen LogP contribution in [0.4, 0.5) is 0 Å². The van der Waals surface area contributed by atoms with Gasteiger partial charge in [-0.1, -0.05) is 0 Å². The summed E-state index contributed by atoms with van der Waals surface area (Å²) in [5.74, 6) is 0. The zero-order valence-corrected chi connectivity index (χ0v) is 15.0. The van der Waals surface area contributed by atoms with E-state index < -0.39 is 0 Å². The number of hydrogen-bond donors (Lipinski definition) is 3. The molecule has 0 aliphatic rings. The molecule has 0 unspecified atom stereocenters. The third kappa shape index (κ3) is 3.39. The molecule has 4 heterocycles. The van der Waals surface area contributed by atoms with Gasteiger partial charge in [0.25, 0.3) is 0 Å². The van der Waals surface area contributed by atoms with Crippen LogP contribution in [-0.2, 0) is 13.1 Å². The predicted octanol–water partition coefficient (Wildman–Crippen LogP) is 2.66. The normalized spacial score (nSPS) is 11.5. The molecule has 0 saturated carbocycles. The number of aliphatic hydroxyl groups is 2. The van der Waals surface area contributed by atoms with Crippen LogP contribution >= 0.6 is 0 Å². The molecule has 4 aromatic rings. The monoisotopic (exact) mass is 365 g/mol. The molecule has 4 rings (SSSR count). The highest BCUT2D eigenvalue weighted by Crippen LogP contribution is 2.36. The van der Waals surface area contributed by atoms with Gasteiger partial charge in [0.05, 0.1) is 12.0 Å². The largest absolute Gasteiger partial charge is 0.396 e.